The number of nitrogens with zero attached hydrogens (tertiary/aromatic N) is 2. The van der Waals surface area contributed by atoms with E-state index in [4.69, 9.17) is 0 Å². The summed E-state index contributed by atoms with van der Waals surface area (Å²) in [5.74, 6) is 0.725. The van der Waals surface area contributed by atoms with Gasteiger partial charge in [-0.25, -0.2) is 4.98 Å². The topological polar surface area (TPSA) is 69.2 Å². The predicted molar refractivity (Wildman–Crippen MR) is 99.3 cm³/mol. The SMILES string of the molecule is O=C(c1ccc2[nH]cnc2c1)N1CCC[C@H]2c3cc(O)ccc3CC[C@@H]21. The number of phenols is 1. The Hall–Kier alpha value is -2.82. The van der Waals surface area contributed by atoms with Gasteiger partial charge in [-0.3, -0.25) is 4.79 Å². The number of imidazole rings is 1. The molecule has 3 aromatic rings. The Morgan fingerprint density at radius 2 is 2.12 bits per heavy atom. The molecule has 132 valence electrons. The second-order valence-corrected chi connectivity index (χ2v) is 7.37. The van der Waals surface area contributed by atoms with E-state index in [2.05, 4.69) is 14.9 Å². The number of aromatic amines is 1. The van der Waals surface area contributed by atoms with E-state index in [9.17, 15) is 9.90 Å². The number of aromatic nitrogens is 2. The molecule has 0 bridgehead atoms. The third-order valence-corrected chi connectivity index (χ3v) is 5.95. The maximum Gasteiger partial charge on any atom is 0.254 e. The normalized spacial score (nSPS) is 22.1. The number of amides is 1. The predicted octanol–water partition coefficient (Wildman–Crippen LogP) is 3.60. The molecule has 2 aliphatic rings. The van der Waals surface area contributed by atoms with E-state index >= 15 is 0 Å². The van der Waals surface area contributed by atoms with Crippen LogP contribution < -0.4 is 0 Å². The third kappa shape index (κ3) is 2.38. The fourth-order valence-electron chi connectivity index (χ4n) is 4.72. The van der Waals surface area contributed by atoms with Crippen LogP contribution in [0, 0.1) is 0 Å². The van der Waals surface area contributed by atoms with Gasteiger partial charge in [-0.05, 0) is 67.1 Å². The number of H-pyrrole nitrogens is 1. The standard InChI is InChI=1S/C21H21N3O2/c25-15-6-3-13-5-8-20-16(17(13)11-15)2-1-9-24(20)21(26)14-4-7-18-19(10-14)23-12-22-18/h3-4,6-7,10-12,16,20,25H,1-2,5,8-9H2,(H,22,23)/t16-,20-/m0/s1. The van der Waals surface area contributed by atoms with Crippen LogP contribution in [0.15, 0.2) is 42.7 Å². The van der Waals surface area contributed by atoms with E-state index in [1.165, 1.54) is 11.1 Å². The molecule has 1 saturated heterocycles. The zero-order chi connectivity index (χ0) is 17.7. The van der Waals surface area contributed by atoms with Crippen molar-refractivity contribution in [2.75, 3.05) is 6.54 Å². The van der Waals surface area contributed by atoms with Crippen molar-refractivity contribution in [3.05, 3.63) is 59.4 Å². The minimum Gasteiger partial charge on any atom is -0.508 e. The van der Waals surface area contributed by atoms with Gasteiger partial charge < -0.3 is 15.0 Å². The molecule has 0 radical (unpaired) electrons. The van der Waals surface area contributed by atoms with E-state index in [1.807, 2.05) is 30.3 Å². The maximum atomic E-state index is 13.2. The largest absolute Gasteiger partial charge is 0.508 e. The molecule has 5 nitrogen and oxygen atoms in total. The number of hydrogen-bond donors (Lipinski definition) is 2. The van der Waals surface area contributed by atoms with Gasteiger partial charge in [-0.2, -0.15) is 0 Å². The number of hydrogen-bond acceptors (Lipinski definition) is 3. The molecular formula is C21H21N3O2. The molecule has 1 fully saturated rings. The molecule has 1 amide bonds. The fraction of sp³-hybridized carbons (Fsp3) is 0.333. The second kappa shape index (κ2) is 5.87. The molecule has 0 saturated carbocycles. The molecule has 5 heteroatoms. The number of piperidine rings is 1. The van der Waals surface area contributed by atoms with Crippen LogP contribution in [0.3, 0.4) is 0 Å². The Bertz CT molecular complexity index is 994. The van der Waals surface area contributed by atoms with E-state index in [-0.39, 0.29) is 11.9 Å². The van der Waals surface area contributed by atoms with Gasteiger partial charge >= 0.3 is 0 Å². The van der Waals surface area contributed by atoms with Gasteiger partial charge in [0.2, 0.25) is 0 Å². The quantitative estimate of drug-likeness (QED) is 0.707. The first kappa shape index (κ1) is 15.4. The molecule has 0 spiro atoms. The number of carbonyl (C=O) groups is 1. The summed E-state index contributed by atoms with van der Waals surface area (Å²) in [6, 6.07) is 11.6. The minimum absolute atomic E-state index is 0.0909. The summed E-state index contributed by atoms with van der Waals surface area (Å²) in [5, 5.41) is 9.92. The van der Waals surface area contributed by atoms with Gasteiger partial charge in [-0.1, -0.05) is 6.07 Å². The monoisotopic (exact) mass is 347 g/mol. The number of likely N-dealkylation sites (tertiary alicyclic amines) is 1. The molecule has 1 aliphatic carbocycles. The first-order valence-corrected chi connectivity index (χ1v) is 9.26. The van der Waals surface area contributed by atoms with Crippen molar-refractivity contribution in [2.45, 2.75) is 37.6 Å². The van der Waals surface area contributed by atoms with Crippen molar-refractivity contribution in [3.8, 4) is 5.75 Å². The van der Waals surface area contributed by atoms with E-state index in [0.717, 1.165) is 43.3 Å². The highest BCUT2D eigenvalue weighted by molar-refractivity contribution is 5.97. The zero-order valence-corrected chi connectivity index (χ0v) is 14.5. The van der Waals surface area contributed by atoms with Crippen LogP contribution in [-0.2, 0) is 6.42 Å². The van der Waals surface area contributed by atoms with Crippen LogP contribution in [-0.4, -0.2) is 38.5 Å². The number of benzene rings is 2. The van der Waals surface area contributed by atoms with Gasteiger partial charge in [-0.15, -0.1) is 0 Å². The summed E-state index contributed by atoms with van der Waals surface area (Å²) < 4.78 is 0. The van der Waals surface area contributed by atoms with Crippen molar-refractivity contribution in [2.24, 2.45) is 0 Å². The molecule has 1 aliphatic heterocycles. The second-order valence-electron chi connectivity index (χ2n) is 7.37. The summed E-state index contributed by atoms with van der Waals surface area (Å²) >= 11 is 0. The van der Waals surface area contributed by atoms with Gasteiger partial charge in [0, 0.05) is 24.1 Å². The summed E-state index contributed by atoms with van der Waals surface area (Å²) in [6.07, 6.45) is 5.66. The highest BCUT2D eigenvalue weighted by Crippen LogP contribution is 2.42. The molecule has 2 aromatic carbocycles. The van der Waals surface area contributed by atoms with E-state index < -0.39 is 0 Å². The smallest absolute Gasteiger partial charge is 0.254 e. The van der Waals surface area contributed by atoms with Crippen molar-refractivity contribution in [1.29, 1.82) is 0 Å². The Kier molecular flexibility index (Phi) is 3.48. The number of fused-ring (bicyclic) bond motifs is 4. The van der Waals surface area contributed by atoms with Crippen LogP contribution in [0.4, 0.5) is 0 Å². The van der Waals surface area contributed by atoms with Crippen LogP contribution >= 0.6 is 0 Å². The maximum absolute atomic E-state index is 13.2. The molecule has 5 rings (SSSR count). The van der Waals surface area contributed by atoms with Crippen molar-refractivity contribution >= 4 is 16.9 Å². The Morgan fingerprint density at radius 3 is 3.04 bits per heavy atom. The van der Waals surface area contributed by atoms with E-state index in [1.54, 1.807) is 12.4 Å². The van der Waals surface area contributed by atoms with Crippen molar-refractivity contribution in [1.82, 2.24) is 14.9 Å². The molecule has 26 heavy (non-hydrogen) atoms. The minimum atomic E-state index is 0.0909. The van der Waals surface area contributed by atoms with Crippen molar-refractivity contribution in [3.63, 3.8) is 0 Å². The fourth-order valence-corrected chi connectivity index (χ4v) is 4.72. The van der Waals surface area contributed by atoms with Gasteiger partial charge in [0.15, 0.2) is 0 Å². The van der Waals surface area contributed by atoms with Crippen molar-refractivity contribution < 1.29 is 9.90 Å². The highest BCUT2D eigenvalue weighted by atomic mass is 16.3. The lowest BCUT2D eigenvalue weighted by Gasteiger charge is -2.45. The number of carbonyl (C=O) groups excluding carboxylic acids is 1. The zero-order valence-electron chi connectivity index (χ0n) is 14.5. The van der Waals surface area contributed by atoms with Crippen LogP contribution in [0.2, 0.25) is 0 Å². The first-order chi connectivity index (χ1) is 12.7. The molecule has 0 unspecified atom stereocenters. The van der Waals surface area contributed by atoms with E-state index in [0.29, 0.717) is 17.2 Å². The average molecular weight is 347 g/mol. The lowest BCUT2D eigenvalue weighted by atomic mass is 9.74. The first-order valence-electron chi connectivity index (χ1n) is 9.26. The summed E-state index contributed by atoms with van der Waals surface area (Å²) in [7, 11) is 0. The van der Waals surface area contributed by atoms with Crippen LogP contribution in [0.25, 0.3) is 11.0 Å². The molecule has 2 atom stereocenters. The number of aryl methyl sites for hydroxylation is 1. The number of rotatable bonds is 1. The Balaban J connectivity index is 1.48. The van der Waals surface area contributed by atoms with Crippen LogP contribution in [0.5, 0.6) is 5.75 Å². The average Bonchev–Trinajstić information content (AvgIpc) is 3.14. The van der Waals surface area contributed by atoms with Gasteiger partial charge in [0.1, 0.15) is 5.75 Å². The molecule has 1 aromatic heterocycles. The molecule has 2 N–H and O–H groups in total. The van der Waals surface area contributed by atoms with Gasteiger partial charge in [0.25, 0.3) is 5.91 Å². The van der Waals surface area contributed by atoms with Gasteiger partial charge in [0.05, 0.1) is 17.4 Å². The third-order valence-electron chi connectivity index (χ3n) is 5.95. The Labute approximate surface area is 151 Å². The lowest BCUT2D eigenvalue weighted by molar-refractivity contribution is 0.0547. The summed E-state index contributed by atoms with van der Waals surface area (Å²) in [6.45, 7) is 0.798. The van der Waals surface area contributed by atoms with Crippen LogP contribution in [0.1, 0.15) is 46.7 Å². The number of aromatic hydroxyl groups is 1. The Morgan fingerprint density at radius 1 is 1.19 bits per heavy atom. The lowest BCUT2D eigenvalue weighted by Crippen LogP contribution is -2.49. The summed E-state index contributed by atoms with van der Waals surface area (Å²) in [5.41, 5.74) is 5.01. The summed E-state index contributed by atoms with van der Waals surface area (Å²) in [4.78, 5) is 22.6. The number of nitrogens with one attached hydrogen (secondary N) is 1. The highest BCUT2D eigenvalue weighted by Gasteiger charge is 2.38. The number of phenolic OH excluding ortho intramolecular Hbond substituents is 1. The molecule has 2 heterocycles. The molecular weight excluding hydrogens is 326 g/mol.